The van der Waals surface area contributed by atoms with E-state index < -0.39 is 11.9 Å². The molecule has 0 aliphatic carbocycles. The molecule has 0 radical (unpaired) electrons. The largest absolute Gasteiger partial charge is 0.456 e. The molecule has 112 valence electrons. The Morgan fingerprint density at radius 3 is 2.36 bits per heavy atom. The van der Waals surface area contributed by atoms with Crippen LogP contribution in [0.1, 0.15) is 12.5 Å². The zero-order chi connectivity index (χ0) is 15.7. The summed E-state index contributed by atoms with van der Waals surface area (Å²) in [4.78, 5) is 11.1. The second-order valence-electron chi connectivity index (χ2n) is 5.31. The lowest BCUT2D eigenvalue weighted by atomic mass is 10.0. The van der Waals surface area contributed by atoms with Crippen molar-refractivity contribution >= 4 is 27.5 Å². The van der Waals surface area contributed by atoms with Crippen molar-refractivity contribution in [3.63, 3.8) is 0 Å². The van der Waals surface area contributed by atoms with E-state index in [4.69, 9.17) is 0 Å². The fourth-order valence-electron chi connectivity index (χ4n) is 2.41. The van der Waals surface area contributed by atoms with Crippen LogP contribution in [0.4, 0.5) is 8.78 Å². The first-order chi connectivity index (χ1) is 10.4. The number of carbonyl (C=O) groups is 1. The molecule has 3 rings (SSSR count). The molecule has 0 aliphatic rings. The quantitative estimate of drug-likeness (QED) is 0.518. The third-order valence-corrected chi connectivity index (χ3v) is 3.54. The highest BCUT2D eigenvalue weighted by Gasteiger charge is 2.34. The Balaban J connectivity index is 1.95. The number of alkyl halides is 2. The van der Waals surface area contributed by atoms with Gasteiger partial charge in [0, 0.05) is 6.92 Å². The van der Waals surface area contributed by atoms with Gasteiger partial charge >= 0.3 is 11.9 Å². The molecule has 0 amide bonds. The number of benzene rings is 3. The fraction of sp³-hybridized carbons (Fsp3) is 0.167. The second-order valence-corrected chi connectivity index (χ2v) is 5.31. The zero-order valence-corrected chi connectivity index (χ0v) is 12.0. The van der Waals surface area contributed by atoms with E-state index in [0.29, 0.717) is 12.5 Å². The Kier molecular flexibility index (Phi) is 3.53. The van der Waals surface area contributed by atoms with E-state index in [1.54, 1.807) is 6.07 Å². The van der Waals surface area contributed by atoms with Gasteiger partial charge < -0.3 is 4.74 Å². The highest BCUT2D eigenvalue weighted by Crippen LogP contribution is 2.26. The van der Waals surface area contributed by atoms with Crippen LogP contribution in [-0.4, -0.2) is 11.9 Å². The lowest BCUT2D eigenvalue weighted by Crippen LogP contribution is -2.26. The molecule has 3 aromatic rings. The van der Waals surface area contributed by atoms with Crippen molar-refractivity contribution in [2.24, 2.45) is 0 Å². The minimum absolute atomic E-state index is 0.165. The summed E-state index contributed by atoms with van der Waals surface area (Å²) in [6.07, 6.45) is 0. The minimum Gasteiger partial charge on any atom is -0.456 e. The molecule has 0 saturated heterocycles. The van der Waals surface area contributed by atoms with Gasteiger partial charge in [0.2, 0.25) is 0 Å². The molecule has 0 saturated carbocycles. The smallest absolute Gasteiger partial charge is 0.376 e. The number of rotatable bonds is 3. The third-order valence-electron chi connectivity index (χ3n) is 3.54. The average molecular weight is 300 g/mol. The van der Waals surface area contributed by atoms with E-state index in [1.165, 1.54) is 0 Å². The van der Waals surface area contributed by atoms with Crippen LogP contribution >= 0.6 is 0 Å². The average Bonchev–Trinajstić information content (AvgIpc) is 2.51. The molecule has 4 heteroatoms. The van der Waals surface area contributed by atoms with Crippen molar-refractivity contribution < 1.29 is 18.3 Å². The molecule has 0 aliphatic heterocycles. The van der Waals surface area contributed by atoms with Crippen LogP contribution in [0.5, 0.6) is 0 Å². The van der Waals surface area contributed by atoms with Crippen molar-refractivity contribution in [2.45, 2.75) is 19.5 Å². The summed E-state index contributed by atoms with van der Waals surface area (Å²) < 4.78 is 30.3. The van der Waals surface area contributed by atoms with Crippen molar-refractivity contribution in [2.75, 3.05) is 0 Å². The summed E-state index contributed by atoms with van der Waals surface area (Å²) in [5.74, 6) is -4.98. The standard InChI is InChI=1S/C18H14F2O2/c1-18(19,20)17(21)22-11-12-6-7-14-9-8-13-4-2-3-5-15(13)16(14)10-12/h2-10H,11H2,1H3. The number of ether oxygens (including phenoxy) is 1. The number of esters is 1. The Morgan fingerprint density at radius 2 is 1.64 bits per heavy atom. The molecule has 3 aromatic carbocycles. The van der Waals surface area contributed by atoms with Crippen molar-refractivity contribution in [1.29, 1.82) is 0 Å². The maximum atomic E-state index is 12.8. The van der Waals surface area contributed by atoms with Crippen LogP contribution in [0, 0.1) is 0 Å². The monoisotopic (exact) mass is 300 g/mol. The number of fused-ring (bicyclic) bond motifs is 3. The van der Waals surface area contributed by atoms with E-state index in [-0.39, 0.29) is 6.61 Å². The first kappa shape index (κ1) is 14.4. The third kappa shape index (κ3) is 2.77. The van der Waals surface area contributed by atoms with E-state index in [2.05, 4.69) is 4.74 Å². The van der Waals surface area contributed by atoms with Gasteiger partial charge in [-0.3, -0.25) is 0 Å². The predicted octanol–water partition coefficient (Wildman–Crippen LogP) is 4.69. The van der Waals surface area contributed by atoms with Gasteiger partial charge in [0.15, 0.2) is 0 Å². The Morgan fingerprint density at radius 1 is 1.00 bits per heavy atom. The van der Waals surface area contributed by atoms with Gasteiger partial charge in [-0.1, -0.05) is 48.5 Å². The summed E-state index contributed by atoms with van der Waals surface area (Å²) in [6.45, 7) is 0.366. The molecule has 0 aromatic heterocycles. The molecule has 2 nitrogen and oxygen atoms in total. The van der Waals surface area contributed by atoms with Crippen LogP contribution in [0.15, 0.2) is 54.6 Å². The van der Waals surface area contributed by atoms with E-state index in [0.717, 1.165) is 21.5 Å². The first-order valence-electron chi connectivity index (χ1n) is 6.90. The predicted molar refractivity (Wildman–Crippen MR) is 81.9 cm³/mol. The van der Waals surface area contributed by atoms with Crippen LogP contribution in [0.2, 0.25) is 0 Å². The second kappa shape index (κ2) is 5.37. The number of halogens is 2. The van der Waals surface area contributed by atoms with Gasteiger partial charge in [-0.15, -0.1) is 0 Å². The van der Waals surface area contributed by atoms with Gasteiger partial charge in [-0.25, -0.2) is 4.79 Å². The molecule has 0 spiro atoms. The van der Waals surface area contributed by atoms with E-state index in [1.807, 2.05) is 48.5 Å². The van der Waals surface area contributed by atoms with Crippen molar-refractivity contribution in [3.05, 3.63) is 60.2 Å². The highest BCUT2D eigenvalue weighted by molar-refractivity contribution is 6.07. The maximum absolute atomic E-state index is 12.8. The summed E-state index contributed by atoms with van der Waals surface area (Å²) >= 11 is 0. The lowest BCUT2D eigenvalue weighted by molar-refractivity contribution is -0.170. The van der Waals surface area contributed by atoms with Gasteiger partial charge in [0.1, 0.15) is 6.61 Å². The molecule has 0 unspecified atom stereocenters. The van der Waals surface area contributed by atoms with Crippen LogP contribution in [-0.2, 0) is 16.1 Å². The molecular weight excluding hydrogens is 286 g/mol. The minimum atomic E-state index is -3.47. The van der Waals surface area contributed by atoms with Crippen molar-refractivity contribution in [1.82, 2.24) is 0 Å². The fourth-order valence-corrected chi connectivity index (χ4v) is 2.41. The zero-order valence-electron chi connectivity index (χ0n) is 12.0. The van der Waals surface area contributed by atoms with Crippen molar-refractivity contribution in [3.8, 4) is 0 Å². The van der Waals surface area contributed by atoms with Crippen LogP contribution in [0.3, 0.4) is 0 Å². The lowest BCUT2D eigenvalue weighted by Gasteiger charge is -2.11. The molecule has 0 atom stereocenters. The van der Waals surface area contributed by atoms with Crippen LogP contribution < -0.4 is 0 Å². The Hall–Kier alpha value is -2.49. The topological polar surface area (TPSA) is 26.3 Å². The molecule has 22 heavy (non-hydrogen) atoms. The van der Waals surface area contributed by atoms with E-state index in [9.17, 15) is 13.6 Å². The summed E-state index contributed by atoms with van der Waals surface area (Å²) in [7, 11) is 0. The molecule has 0 heterocycles. The first-order valence-corrected chi connectivity index (χ1v) is 6.90. The molecule has 0 bridgehead atoms. The van der Waals surface area contributed by atoms with Gasteiger partial charge in [-0.05, 0) is 33.2 Å². The number of hydrogen-bond acceptors (Lipinski definition) is 2. The normalized spacial score (nSPS) is 11.8. The number of hydrogen-bond donors (Lipinski definition) is 0. The molecular formula is C18H14F2O2. The van der Waals surface area contributed by atoms with Gasteiger partial charge in [-0.2, -0.15) is 8.78 Å². The SMILES string of the molecule is CC(F)(F)C(=O)OCc1ccc2ccc3ccccc3c2c1. The van der Waals surface area contributed by atoms with Gasteiger partial charge in [0.05, 0.1) is 0 Å². The van der Waals surface area contributed by atoms with E-state index >= 15 is 0 Å². The summed E-state index contributed by atoms with van der Waals surface area (Å²) in [5, 5.41) is 4.24. The maximum Gasteiger partial charge on any atom is 0.376 e. The Labute approximate surface area is 126 Å². The highest BCUT2D eigenvalue weighted by atomic mass is 19.3. The van der Waals surface area contributed by atoms with Gasteiger partial charge in [0.25, 0.3) is 0 Å². The molecule has 0 N–H and O–H groups in total. The summed E-state index contributed by atoms with van der Waals surface area (Å²) in [6, 6.07) is 17.5. The van der Waals surface area contributed by atoms with Crippen LogP contribution in [0.25, 0.3) is 21.5 Å². The molecule has 0 fully saturated rings. The number of carbonyl (C=O) groups excluding carboxylic acids is 1. The Bertz CT molecular complexity index is 850. The summed E-state index contributed by atoms with van der Waals surface area (Å²) in [5.41, 5.74) is 0.682.